The van der Waals surface area contributed by atoms with Crippen molar-refractivity contribution in [3.05, 3.63) is 0 Å². The third kappa shape index (κ3) is 2.60. The predicted molar refractivity (Wildman–Crippen MR) is 50.9 cm³/mol. The zero-order valence-electron chi connectivity index (χ0n) is 7.59. The van der Waals surface area contributed by atoms with E-state index in [9.17, 15) is 0 Å². The fraction of sp³-hybridized carbons (Fsp3) is 1.00. The maximum atomic E-state index is 6.34. The van der Waals surface area contributed by atoms with Gasteiger partial charge in [0.1, 0.15) is 0 Å². The molecule has 0 fully saturated rings. The summed E-state index contributed by atoms with van der Waals surface area (Å²) in [6, 6.07) is 0. The Bertz CT molecular complexity index is 107. The fourth-order valence-electron chi connectivity index (χ4n) is 0.597. The van der Waals surface area contributed by atoms with Gasteiger partial charge in [-0.15, -0.1) is 11.1 Å². The molecule has 1 nitrogen and oxygen atoms in total. The number of hydrogen-bond acceptors (Lipinski definition) is 1. The average molecular weight is 180 g/mol. The Morgan fingerprint density at radius 3 is 1.90 bits per heavy atom. The van der Waals surface area contributed by atoms with Crippen LogP contribution < -0.4 is 4.98 Å². The zero-order chi connectivity index (χ0) is 8.41. The first kappa shape index (κ1) is 10.5. The third-order valence-corrected chi connectivity index (χ3v) is 7.85. The lowest BCUT2D eigenvalue weighted by Crippen LogP contribution is -2.49. The van der Waals surface area contributed by atoms with Gasteiger partial charge in [-0.1, -0.05) is 27.7 Å². The Morgan fingerprint density at radius 2 is 1.80 bits per heavy atom. The average Bonchev–Trinajstić information content (AvgIpc) is 1.61. The molecule has 0 aromatic rings. The summed E-state index contributed by atoms with van der Waals surface area (Å²) in [4.78, 5) is 3.37. The van der Waals surface area contributed by atoms with Crippen molar-refractivity contribution in [2.45, 2.75) is 39.3 Å². The van der Waals surface area contributed by atoms with Crippen LogP contribution in [-0.2, 0) is 0 Å². The fourth-order valence-corrected chi connectivity index (χ4v) is 2.19. The van der Waals surface area contributed by atoms with Crippen LogP contribution >= 0.6 is 11.1 Å². The van der Waals surface area contributed by atoms with Gasteiger partial charge in [-0.2, -0.15) is 0 Å². The molecule has 0 radical (unpaired) electrons. The smallest absolute Gasteiger partial charge is 0.228 e. The summed E-state index contributed by atoms with van der Waals surface area (Å²) >= 11 is 6.34. The van der Waals surface area contributed by atoms with Crippen molar-refractivity contribution >= 4 is 18.6 Å². The van der Waals surface area contributed by atoms with Gasteiger partial charge in [-0.25, -0.2) is 0 Å². The molecule has 1 unspecified atom stereocenters. The summed E-state index contributed by atoms with van der Waals surface area (Å²) in [5.41, 5.74) is 0. The van der Waals surface area contributed by atoms with Crippen molar-refractivity contribution in [2.75, 3.05) is 6.54 Å². The molecule has 3 heteroatoms. The Balaban J connectivity index is 4.10. The molecule has 62 valence electrons. The van der Waals surface area contributed by atoms with Gasteiger partial charge in [0, 0.05) is 0 Å². The molecule has 0 bridgehead atoms. The van der Waals surface area contributed by atoms with Gasteiger partial charge in [-0.3, -0.25) is 0 Å². The lowest BCUT2D eigenvalue weighted by molar-refractivity contribution is 0.705. The monoisotopic (exact) mass is 179 g/mol. The molecule has 0 saturated heterocycles. The first-order valence-electron chi connectivity index (χ1n) is 3.75. The van der Waals surface area contributed by atoms with E-state index in [1.807, 2.05) is 0 Å². The highest BCUT2D eigenvalue weighted by molar-refractivity contribution is 7.19. The van der Waals surface area contributed by atoms with E-state index in [1.54, 1.807) is 0 Å². The second-order valence-corrected chi connectivity index (χ2v) is 9.91. The van der Waals surface area contributed by atoms with Crippen LogP contribution in [0.2, 0.25) is 11.6 Å². The summed E-state index contributed by atoms with van der Waals surface area (Å²) < 4.78 is 0. The van der Waals surface area contributed by atoms with Crippen LogP contribution in [0.5, 0.6) is 0 Å². The van der Waals surface area contributed by atoms with E-state index in [2.05, 4.69) is 39.2 Å². The summed E-state index contributed by atoms with van der Waals surface area (Å²) in [5, 5.41) is 0.241. The van der Waals surface area contributed by atoms with Crippen molar-refractivity contribution in [1.82, 2.24) is 4.98 Å². The van der Waals surface area contributed by atoms with E-state index in [0.717, 1.165) is 6.54 Å². The molecular formula is C7H18ClNSi. The molecule has 0 aliphatic carbocycles. The van der Waals surface area contributed by atoms with Crippen LogP contribution in [0.4, 0.5) is 0 Å². The van der Waals surface area contributed by atoms with E-state index < -0.39 is 7.55 Å². The largest absolute Gasteiger partial charge is 0.325 e. The van der Waals surface area contributed by atoms with Crippen LogP contribution in [-0.4, -0.2) is 14.1 Å². The van der Waals surface area contributed by atoms with Crippen molar-refractivity contribution in [1.29, 1.82) is 0 Å². The number of hydrogen-bond donors (Lipinski definition) is 1. The lowest BCUT2D eigenvalue weighted by atomic mass is 10.3. The zero-order valence-corrected chi connectivity index (χ0v) is 9.34. The topological polar surface area (TPSA) is 12.0 Å². The SMILES string of the molecule is CCN[Si](C)(Cl)C(C)(C)C. The maximum Gasteiger partial charge on any atom is 0.228 e. The minimum atomic E-state index is -1.68. The van der Waals surface area contributed by atoms with E-state index in [4.69, 9.17) is 11.1 Å². The molecule has 0 aromatic heterocycles. The van der Waals surface area contributed by atoms with Crippen LogP contribution in [0.3, 0.4) is 0 Å². The normalized spacial score (nSPS) is 18.6. The van der Waals surface area contributed by atoms with E-state index in [1.165, 1.54) is 0 Å². The predicted octanol–water partition coefficient (Wildman–Crippen LogP) is 2.71. The van der Waals surface area contributed by atoms with Gasteiger partial charge in [0.05, 0.1) is 0 Å². The highest BCUT2D eigenvalue weighted by Gasteiger charge is 2.37. The van der Waals surface area contributed by atoms with Crippen LogP contribution in [0, 0.1) is 0 Å². The number of halogens is 1. The molecule has 0 aliphatic rings. The Hall–Kier alpha value is 0.467. The van der Waals surface area contributed by atoms with Gasteiger partial charge in [0.2, 0.25) is 7.55 Å². The second-order valence-electron chi connectivity index (χ2n) is 3.78. The third-order valence-electron chi connectivity index (χ3n) is 1.92. The molecule has 0 aromatic carbocycles. The molecule has 1 atom stereocenters. The first-order chi connectivity index (χ1) is 4.31. The highest BCUT2D eigenvalue weighted by Crippen LogP contribution is 2.36. The number of rotatable bonds is 2. The van der Waals surface area contributed by atoms with Crippen molar-refractivity contribution in [3.63, 3.8) is 0 Å². The molecule has 0 aliphatic heterocycles. The van der Waals surface area contributed by atoms with Crippen molar-refractivity contribution in [3.8, 4) is 0 Å². The maximum absolute atomic E-state index is 6.34. The second kappa shape index (κ2) is 3.24. The molecule has 10 heavy (non-hydrogen) atoms. The molecule has 0 saturated carbocycles. The van der Waals surface area contributed by atoms with Crippen LogP contribution in [0.15, 0.2) is 0 Å². The first-order valence-corrected chi connectivity index (χ1v) is 7.26. The molecule has 0 amide bonds. The summed E-state index contributed by atoms with van der Waals surface area (Å²) in [6.07, 6.45) is 0. The molecule has 0 rings (SSSR count). The number of nitrogens with one attached hydrogen (secondary N) is 1. The van der Waals surface area contributed by atoms with Crippen LogP contribution in [0.1, 0.15) is 27.7 Å². The minimum Gasteiger partial charge on any atom is -0.325 e. The minimum absolute atomic E-state index is 0.241. The Labute approximate surface area is 69.9 Å². The van der Waals surface area contributed by atoms with Crippen molar-refractivity contribution < 1.29 is 0 Å². The summed E-state index contributed by atoms with van der Waals surface area (Å²) in [5.74, 6) is 0. The summed E-state index contributed by atoms with van der Waals surface area (Å²) in [7, 11) is -1.68. The summed E-state index contributed by atoms with van der Waals surface area (Å²) in [6.45, 7) is 11.8. The van der Waals surface area contributed by atoms with Gasteiger partial charge in [-0.05, 0) is 18.1 Å². The Morgan fingerprint density at radius 1 is 1.40 bits per heavy atom. The standard InChI is InChI=1S/C7H18ClNSi/c1-6-9-10(5,8)7(2,3)4/h9H,6H2,1-5H3. The molecule has 0 heterocycles. The molecule has 0 spiro atoms. The van der Waals surface area contributed by atoms with Gasteiger partial charge < -0.3 is 4.98 Å². The Kier molecular flexibility index (Phi) is 3.39. The molecular weight excluding hydrogens is 162 g/mol. The van der Waals surface area contributed by atoms with E-state index in [0.29, 0.717) is 0 Å². The highest BCUT2D eigenvalue weighted by atomic mass is 35.6. The van der Waals surface area contributed by atoms with Gasteiger partial charge in [0.25, 0.3) is 0 Å². The quantitative estimate of drug-likeness (QED) is 0.508. The van der Waals surface area contributed by atoms with Gasteiger partial charge in [0.15, 0.2) is 0 Å². The van der Waals surface area contributed by atoms with E-state index >= 15 is 0 Å². The lowest BCUT2D eigenvalue weighted by Gasteiger charge is -2.34. The van der Waals surface area contributed by atoms with E-state index in [-0.39, 0.29) is 5.04 Å². The van der Waals surface area contributed by atoms with Crippen LogP contribution in [0.25, 0.3) is 0 Å². The van der Waals surface area contributed by atoms with Gasteiger partial charge >= 0.3 is 0 Å². The molecule has 1 N–H and O–H groups in total. The van der Waals surface area contributed by atoms with Crippen molar-refractivity contribution in [2.24, 2.45) is 0 Å².